The van der Waals surface area contributed by atoms with Crippen molar-refractivity contribution in [2.75, 3.05) is 25.6 Å². The molecule has 0 unspecified atom stereocenters. The number of ether oxygens (including phenoxy) is 1. The normalized spacial score (nSPS) is 28.1. The number of anilines is 1. The summed E-state index contributed by atoms with van der Waals surface area (Å²) < 4.78 is 6.99. The van der Waals surface area contributed by atoms with Crippen LogP contribution in [0.25, 0.3) is 0 Å². The summed E-state index contributed by atoms with van der Waals surface area (Å²) in [7, 11) is 3.62. The minimum absolute atomic E-state index is 0.127. The average Bonchev–Trinajstić information content (AvgIpc) is 2.74. The summed E-state index contributed by atoms with van der Waals surface area (Å²) in [5.74, 6) is 0.559. The number of aliphatic hydroxyl groups is 2. The number of hydrogen-bond acceptors (Lipinski definition) is 7. The van der Waals surface area contributed by atoms with Gasteiger partial charge < -0.3 is 19.8 Å². The van der Waals surface area contributed by atoms with Gasteiger partial charge in [-0.15, -0.1) is 11.8 Å². The molecule has 2 rings (SSSR count). The fraction of sp³-hybridized carbons (Fsp3) is 0.733. The molecule has 1 aliphatic rings. The molecule has 8 heteroatoms. The van der Waals surface area contributed by atoms with Crippen molar-refractivity contribution >= 4 is 17.6 Å². The molecule has 0 spiro atoms. The molecule has 1 aliphatic heterocycles. The lowest BCUT2D eigenvalue weighted by molar-refractivity contribution is -0.0456. The molecule has 2 heterocycles. The smallest absolute Gasteiger partial charge is 0.351 e. The number of thioether (sulfide) groups is 1. The lowest BCUT2D eigenvalue weighted by Crippen LogP contribution is -2.36. The maximum absolute atomic E-state index is 12.3. The van der Waals surface area contributed by atoms with Crippen LogP contribution in [0.15, 0.2) is 17.1 Å². The van der Waals surface area contributed by atoms with E-state index >= 15 is 0 Å². The van der Waals surface area contributed by atoms with E-state index in [1.165, 1.54) is 16.3 Å². The first-order valence-electron chi connectivity index (χ1n) is 7.53. The maximum Gasteiger partial charge on any atom is 0.351 e. The zero-order valence-corrected chi connectivity index (χ0v) is 14.9. The van der Waals surface area contributed by atoms with Crippen LogP contribution in [0.2, 0.25) is 0 Å². The first-order chi connectivity index (χ1) is 10.6. The molecule has 0 saturated carbocycles. The maximum atomic E-state index is 12.3. The van der Waals surface area contributed by atoms with Crippen LogP contribution in [0.4, 0.5) is 5.82 Å². The molecule has 23 heavy (non-hydrogen) atoms. The van der Waals surface area contributed by atoms with E-state index in [4.69, 9.17) is 4.74 Å². The van der Waals surface area contributed by atoms with Crippen molar-refractivity contribution in [1.29, 1.82) is 0 Å². The van der Waals surface area contributed by atoms with E-state index in [1.54, 1.807) is 17.2 Å². The van der Waals surface area contributed by atoms with Crippen LogP contribution in [0, 0.1) is 0 Å². The summed E-state index contributed by atoms with van der Waals surface area (Å²) in [5.41, 5.74) is -0.438. The number of aliphatic hydroxyl groups excluding tert-OH is 2. The van der Waals surface area contributed by atoms with Crippen molar-refractivity contribution < 1.29 is 14.9 Å². The molecule has 0 aliphatic carbocycles. The highest BCUT2D eigenvalue weighted by Gasteiger charge is 2.46. The predicted octanol–water partition coefficient (Wildman–Crippen LogP) is 0.460. The molecule has 1 aromatic rings. The Hall–Kier alpha value is -1.09. The highest BCUT2D eigenvalue weighted by Crippen LogP contribution is 2.42. The SMILES string of the molecule is CN(C)c1ccn([C@H]2O[C@@H](CO)[C@H](O)[C@H]2SC(C)(C)C)c(=O)n1. The van der Waals surface area contributed by atoms with Gasteiger partial charge in [0.15, 0.2) is 6.23 Å². The standard InChI is InChI=1S/C15H25N3O4S/c1-15(2,3)23-12-11(20)9(8-19)22-13(12)18-7-6-10(17(4)5)16-14(18)21/h6-7,9,11-13,19-20H,8H2,1-5H3/t9-,11-,12+,13-/m0/s1. The van der Waals surface area contributed by atoms with Gasteiger partial charge in [-0.1, -0.05) is 20.8 Å². The Labute approximate surface area is 140 Å². The third-order valence-electron chi connectivity index (χ3n) is 3.53. The van der Waals surface area contributed by atoms with E-state index in [2.05, 4.69) is 4.98 Å². The topological polar surface area (TPSA) is 87.8 Å². The van der Waals surface area contributed by atoms with Crippen LogP contribution in [0.1, 0.15) is 27.0 Å². The van der Waals surface area contributed by atoms with Crippen LogP contribution in [0.3, 0.4) is 0 Å². The molecule has 7 nitrogen and oxygen atoms in total. The van der Waals surface area contributed by atoms with Crippen molar-refractivity contribution in [3.63, 3.8) is 0 Å². The fourth-order valence-corrected chi connectivity index (χ4v) is 3.92. The van der Waals surface area contributed by atoms with Crippen LogP contribution < -0.4 is 10.6 Å². The molecule has 0 bridgehead atoms. The van der Waals surface area contributed by atoms with Crippen LogP contribution >= 0.6 is 11.8 Å². The van der Waals surface area contributed by atoms with E-state index < -0.39 is 24.1 Å². The second-order valence-electron chi connectivity index (χ2n) is 6.80. The number of aromatic nitrogens is 2. The van der Waals surface area contributed by atoms with Gasteiger partial charge in [0.25, 0.3) is 0 Å². The lowest BCUT2D eigenvalue weighted by Gasteiger charge is -2.28. The summed E-state index contributed by atoms with van der Waals surface area (Å²) in [6.45, 7) is 5.80. The van der Waals surface area contributed by atoms with Crippen molar-refractivity contribution in [2.45, 2.75) is 49.2 Å². The number of rotatable bonds is 4. The van der Waals surface area contributed by atoms with Gasteiger partial charge in [-0.2, -0.15) is 4.98 Å². The van der Waals surface area contributed by atoms with Crippen molar-refractivity contribution in [3.8, 4) is 0 Å². The Kier molecular flexibility index (Phi) is 5.40. The second-order valence-corrected chi connectivity index (χ2v) is 8.81. The average molecular weight is 343 g/mol. The van der Waals surface area contributed by atoms with Crippen LogP contribution in [0.5, 0.6) is 0 Å². The monoisotopic (exact) mass is 343 g/mol. The van der Waals surface area contributed by atoms with Crippen molar-refractivity contribution in [2.24, 2.45) is 0 Å². The van der Waals surface area contributed by atoms with Gasteiger partial charge in [0.05, 0.1) is 18.0 Å². The minimum Gasteiger partial charge on any atom is -0.394 e. The highest BCUT2D eigenvalue weighted by atomic mass is 32.2. The minimum atomic E-state index is -0.852. The number of hydrogen-bond donors (Lipinski definition) is 2. The molecular weight excluding hydrogens is 318 g/mol. The fourth-order valence-electron chi connectivity index (χ4n) is 2.47. The van der Waals surface area contributed by atoms with E-state index in [-0.39, 0.29) is 16.6 Å². The Morgan fingerprint density at radius 3 is 2.57 bits per heavy atom. The quantitative estimate of drug-likeness (QED) is 0.821. The summed E-state index contributed by atoms with van der Waals surface area (Å²) >= 11 is 1.53. The second kappa shape index (κ2) is 6.80. The molecule has 130 valence electrons. The first kappa shape index (κ1) is 18.3. The summed E-state index contributed by atoms with van der Waals surface area (Å²) in [6, 6.07) is 1.72. The molecular formula is C15H25N3O4S. The molecule has 0 amide bonds. The summed E-state index contributed by atoms with van der Waals surface area (Å²) in [6.07, 6.45) is -0.601. The van der Waals surface area contributed by atoms with Gasteiger partial charge in [0.2, 0.25) is 0 Å². The molecule has 0 aromatic carbocycles. The number of nitrogens with zero attached hydrogens (tertiary/aromatic N) is 3. The van der Waals surface area contributed by atoms with Crippen molar-refractivity contribution in [1.82, 2.24) is 9.55 Å². The summed E-state index contributed by atoms with van der Waals surface area (Å²) in [5, 5.41) is 19.5. The van der Waals surface area contributed by atoms with E-state index in [1.807, 2.05) is 34.9 Å². The lowest BCUT2D eigenvalue weighted by atomic mass is 10.2. The largest absolute Gasteiger partial charge is 0.394 e. The zero-order valence-electron chi connectivity index (χ0n) is 14.1. The van der Waals surface area contributed by atoms with E-state index in [9.17, 15) is 15.0 Å². The third kappa shape index (κ3) is 4.06. The molecule has 4 atom stereocenters. The van der Waals surface area contributed by atoms with Crippen molar-refractivity contribution in [3.05, 3.63) is 22.7 Å². The predicted molar refractivity (Wildman–Crippen MR) is 91.0 cm³/mol. The highest BCUT2D eigenvalue weighted by molar-refractivity contribution is 8.01. The van der Waals surface area contributed by atoms with Gasteiger partial charge >= 0.3 is 5.69 Å². The van der Waals surface area contributed by atoms with Gasteiger partial charge in [0.1, 0.15) is 11.9 Å². The first-order valence-corrected chi connectivity index (χ1v) is 8.40. The van der Waals surface area contributed by atoms with Crippen LogP contribution in [-0.4, -0.2) is 62.7 Å². The van der Waals surface area contributed by atoms with Gasteiger partial charge in [-0.25, -0.2) is 4.79 Å². The Morgan fingerprint density at radius 1 is 1.43 bits per heavy atom. The molecule has 0 radical (unpaired) electrons. The molecule has 1 saturated heterocycles. The molecule has 1 fully saturated rings. The Morgan fingerprint density at radius 2 is 2.09 bits per heavy atom. The molecule has 1 aromatic heterocycles. The summed E-state index contributed by atoms with van der Waals surface area (Å²) in [4.78, 5) is 18.1. The van der Waals surface area contributed by atoms with Gasteiger partial charge in [-0.3, -0.25) is 4.57 Å². The third-order valence-corrected chi connectivity index (χ3v) is 5.02. The van der Waals surface area contributed by atoms with E-state index in [0.717, 1.165) is 0 Å². The van der Waals surface area contributed by atoms with Crippen LogP contribution in [-0.2, 0) is 4.74 Å². The van der Waals surface area contributed by atoms with Gasteiger partial charge in [-0.05, 0) is 6.07 Å². The van der Waals surface area contributed by atoms with Gasteiger partial charge in [0, 0.05) is 25.0 Å². The Bertz CT molecular complexity index is 599. The Balaban J connectivity index is 2.37. The molecule has 2 N–H and O–H groups in total. The zero-order chi connectivity index (χ0) is 17.4. The van der Waals surface area contributed by atoms with E-state index in [0.29, 0.717) is 5.82 Å².